The highest BCUT2D eigenvalue weighted by Gasteiger charge is 2.30. The lowest BCUT2D eigenvalue weighted by Gasteiger charge is -2.16. The molecule has 0 bridgehead atoms. The Bertz CT molecular complexity index is 388. The summed E-state index contributed by atoms with van der Waals surface area (Å²) in [6.07, 6.45) is 2.48. The molecule has 0 aliphatic heterocycles. The molecule has 1 aromatic carbocycles. The van der Waals surface area contributed by atoms with E-state index < -0.39 is 0 Å². The number of benzene rings is 1. The predicted octanol–water partition coefficient (Wildman–Crippen LogP) is 3.46. The molecule has 0 spiro atoms. The van der Waals surface area contributed by atoms with Crippen LogP contribution >= 0.6 is 11.6 Å². The SMILES string of the molecule is CCOc1cc(C)c(C(N)C2CC2)cc1Cl. The van der Waals surface area contributed by atoms with Crippen LogP contribution in [-0.4, -0.2) is 6.61 Å². The van der Waals surface area contributed by atoms with Crippen LogP contribution in [0.3, 0.4) is 0 Å². The van der Waals surface area contributed by atoms with Gasteiger partial charge in [-0.1, -0.05) is 11.6 Å². The summed E-state index contributed by atoms with van der Waals surface area (Å²) in [6.45, 7) is 4.65. The summed E-state index contributed by atoms with van der Waals surface area (Å²) in [5.41, 5.74) is 8.53. The normalized spacial score (nSPS) is 17.2. The summed E-state index contributed by atoms with van der Waals surface area (Å²) in [4.78, 5) is 0. The van der Waals surface area contributed by atoms with E-state index in [9.17, 15) is 0 Å². The van der Waals surface area contributed by atoms with Crippen molar-refractivity contribution >= 4 is 11.6 Å². The lowest BCUT2D eigenvalue weighted by Crippen LogP contribution is -2.14. The maximum absolute atomic E-state index is 6.19. The molecule has 0 heterocycles. The fourth-order valence-corrected chi connectivity index (χ4v) is 2.23. The topological polar surface area (TPSA) is 35.2 Å². The van der Waals surface area contributed by atoms with Gasteiger partial charge in [0.05, 0.1) is 11.6 Å². The van der Waals surface area contributed by atoms with E-state index in [1.165, 1.54) is 18.4 Å². The van der Waals surface area contributed by atoms with Crippen LogP contribution in [0.2, 0.25) is 5.02 Å². The number of halogens is 1. The van der Waals surface area contributed by atoms with Gasteiger partial charge in [-0.05, 0) is 55.9 Å². The summed E-state index contributed by atoms with van der Waals surface area (Å²) in [7, 11) is 0. The number of ether oxygens (including phenoxy) is 1. The van der Waals surface area contributed by atoms with Gasteiger partial charge in [0, 0.05) is 6.04 Å². The number of nitrogens with two attached hydrogens (primary N) is 1. The van der Waals surface area contributed by atoms with E-state index in [-0.39, 0.29) is 6.04 Å². The van der Waals surface area contributed by atoms with Gasteiger partial charge < -0.3 is 10.5 Å². The minimum Gasteiger partial charge on any atom is -0.492 e. The monoisotopic (exact) mass is 239 g/mol. The van der Waals surface area contributed by atoms with Gasteiger partial charge in [-0.15, -0.1) is 0 Å². The molecule has 0 radical (unpaired) electrons. The van der Waals surface area contributed by atoms with Crippen molar-refractivity contribution in [2.45, 2.75) is 32.7 Å². The van der Waals surface area contributed by atoms with Crippen LogP contribution in [0.15, 0.2) is 12.1 Å². The van der Waals surface area contributed by atoms with Crippen molar-refractivity contribution in [1.82, 2.24) is 0 Å². The highest BCUT2D eigenvalue weighted by Crippen LogP contribution is 2.42. The second-order valence-electron chi connectivity index (χ2n) is 4.44. The molecule has 2 N–H and O–H groups in total. The third-order valence-corrected chi connectivity index (χ3v) is 3.40. The molecule has 2 nitrogen and oxygen atoms in total. The van der Waals surface area contributed by atoms with Gasteiger partial charge in [-0.2, -0.15) is 0 Å². The van der Waals surface area contributed by atoms with Crippen molar-refractivity contribution in [3.63, 3.8) is 0 Å². The maximum atomic E-state index is 6.19. The second kappa shape index (κ2) is 4.64. The lowest BCUT2D eigenvalue weighted by atomic mass is 9.98. The van der Waals surface area contributed by atoms with E-state index in [1.54, 1.807) is 0 Å². The lowest BCUT2D eigenvalue weighted by molar-refractivity contribution is 0.340. The fourth-order valence-electron chi connectivity index (χ4n) is 2.00. The Labute approximate surface area is 102 Å². The average molecular weight is 240 g/mol. The molecular weight excluding hydrogens is 222 g/mol. The van der Waals surface area contributed by atoms with Crippen LogP contribution in [-0.2, 0) is 0 Å². The van der Waals surface area contributed by atoms with E-state index in [1.807, 2.05) is 19.1 Å². The molecule has 1 aliphatic carbocycles. The standard InChI is InChI=1S/C13H18ClNO/c1-3-16-12-6-8(2)10(7-11(12)14)13(15)9-4-5-9/h6-7,9,13H,3-5,15H2,1-2H3. The first-order valence-electron chi connectivity index (χ1n) is 5.82. The Morgan fingerprint density at radius 2 is 2.19 bits per heavy atom. The van der Waals surface area contributed by atoms with Crippen LogP contribution in [0, 0.1) is 12.8 Å². The summed E-state index contributed by atoms with van der Waals surface area (Å²) in [6, 6.07) is 4.09. The maximum Gasteiger partial charge on any atom is 0.138 e. The van der Waals surface area contributed by atoms with Crippen LogP contribution in [0.5, 0.6) is 5.75 Å². The zero-order valence-corrected chi connectivity index (χ0v) is 10.6. The smallest absolute Gasteiger partial charge is 0.138 e. The first kappa shape index (κ1) is 11.7. The van der Waals surface area contributed by atoms with Crippen LogP contribution in [0.4, 0.5) is 0 Å². The van der Waals surface area contributed by atoms with Gasteiger partial charge in [-0.25, -0.2) is 0 Å². The van der Waals surface area contributed by atoms with Gasteiger partial charge in [0.2, 0.25) is 0 Å². The van der Waals surface area contributed by atoms with Crippen LogP contribution in [0.1, 0.15) is 36.9 Å². The molecule has 0 saturated heterocycles. The zero-order chi connectivity index (χ0) is 11.7. The first-order valence-corrected chi connectivity index (χ1v) is 6.19. The molecular formula is C13H18ClNO. The van der Waals surface area contributed by atoms with Gasteiger partial charge >= 0.3 is 0 Å². The zero-order valence-electron chi connectivity index (χ0n) is 9.79. The van der Waals surface area contributed by atoms with E-state index in [2.05, 4.69) is 6.92 Å². The first-order chi connectivity index (χ1) is 7.63. The van der Waals surface area contributed by atoms with Crippen LogP contribution < -0.4 is 10.5 Å². The highest BCUT2D eigenvalue weighted by molar-refractivity contribution is 6.32. The third kappa shape index (κ3) is 2.33. The Morgan fingerprint density at radius 3 is 2.75 bits per heavy atom. The van der Waals surface area contributed by atoms with Gasteiger partial charge in [0.15, 0.2) is 0 Å². The number of hydrogen-bond donors (Lipinski definition) is 1. The summed E-state index contributed by atoms with van der Waals surface area (Å²) in [5.74, 6) is 1.40. The van der Waals surface area contributed by atoms with Crippen molar-refractivity contribution in [3.05, 3.63) is 28.3 Å². The van der Waals surface area contributed by atoms with Crippen LogP contribution in [0.25, 0.3) is 0 Å². The fraction of sp³-hybridized carbons (Fsp3) is 0.538. The Hall–Kier alpha value is -0.730. The number of aryl methyl sites for hydroxylation is 1. The van der Waals surface area contributed by atoms with Gasteiger partial charge in [0.25, 0.3) is 0 Å². The van der Waals surface area contributed by atoms with Gasteiger partial charge in [-0.3, -0.25) is 0 Å². The van der Waals surface area contributed by atoms with Crippen molar-refractivity contribution in [2.75, 3.05) is 6.61 Å². The molecule has 1 aromatic rings. The highest BCUT2D eigenvalue weighted by atomic mass is 35.5. The predicted molar refractivity (Wildman–Crippen MR) is 67.0 cm³/mol. The Balaban J connectivity index is 2.29. The summed E-state index contributed by atoms with van der Waals surface area (Å²) in [5, 5.41) is 0.665. The van der Waals surface area contributed by atoms with Crippen molar-refractivity contribution < 1.29 is 4.74 Å². The molecule has 88 valence electrons. The number of hydrogen-bond acceptors (Lipinski definition) is 2. The molecule has 1 atom stereocenters. The van der Waals surface area contributed by atoms with E-state index in [0.717, 1.165) is 11.3 Å². The molecule has 1 unspecified atom stereocenters. The Kier molecular flexibility index (Phi) is 3.41. The van der Waals surface area contributed by atoms with Crippen molar-refractivity contribution in [2.24, 2.45) is 11.7 Å². The molecule has 16 heavy (non-hydrogen) atoms. The summed E-state index contributed by atoms with van der Waals surface area (Å²) >= 11 is 6.17. The minimum absolute atomic E-state index is 0.133. The largest absolute Gasteiger partial charge is 0.492 e. The molecule has 1 saturated carbocycles. The third-order valence-electron chi connectivity index (χ3n) is 3.11. The quantitative estimate of drug-likeness (QED) is 0.874. The molecule has 2 rings (SSSR count). The molecule has 0 amide bonds. The summed E-state index contributed by atoms with van der Waals surface area (Å²) < 4.78 is 5.46. The van der Waals surface area contributed by atoms with E-state index in [0.29, 0.717) is 17.5 Å². The van der Waals surface area contributed by atoms with E-state index >= 15 is 0 Å². The molecule has 1 fully saturated rings. The average Bonchev–Trinajstić information content (AvgIpc) is 3.06. The van der Waals surface area contributed by atoms with Crippen molar-refractivity contribution in [3.8, 4) is 5.75 Å². The Morgan fingerprint density at radius 1 is 1.50 bits per heavy atom. The minimum atomic E-state index is 0.133. The molecule has 0 aromatic heterocycles. The van der Waals surface area contributed by atoms with E-state index in [4.69, 9.17) is 22.1 Å². The van der Waals surface area contributed by atoms with Crippen molar-refractivity contribution in [1.29, 1.82) is 0 Å². The second-order valence-corrected chi connectivity index (χ2v) is 4.84. The van der Waals surface area contributed by atoms with Gasteiger partial charge in [0.1, 0.15) is 5.75 Å². The number of rotatable bonds is 4. The molecule has 1 aliphatic rings. The molecule has 3 heteroatoms.